The largest absolute Gasteiger partial charge is 0.497 e. The summed E-state index contributed by atoms with van der Waals surface area (Å²) in [6.45, 7) is 8.59. The summed E-state index contributed by atoms with van der Waals surface area (Å²) >= 11 is 3.54. The van der Waals surface area contributed by atoms with Gasteiger partial charge in [-0.2, -0.15) is 8.78 Å². The SMILES string of the molecule is COc1ccc(CN(C(=O)c2ccc3c(C(C)C)cccc3c2)C(C)c2cc(Br)ccn2)c(OC)c1.Cc1ccc(C(F)(F)P)cc1. The van der Waals surface area contributed by atoms with Crippen LogP contribution in [0.5, 0.6) is 11.5 Å². The van der Waals surface area contributed by atoms with E-state index in [9.17, 15) is 13.6 Å². The molecule has 0 spiro atoms. The minimum Gasteiger partial charge on any atom is -0.497 e. The van der Waals surface area contributed by atoms with Crippen molar-refractivity contribution in [2.75, 3.05) is 14.2 Å². The summed E-state index contributed by atoms with van der Waals surface area (Å²) in [5.74, 6) is 1.70. The van der Waals surface area contributed by atoms with Crippen molar-refractivity contribution >= 4 is 41.8 Å². The van der Waals surface area contributed by atoms with E-state index in [0.29, 0.717) is 29.5 Å². The lowest BCUT2D eigenvalue weighted by molar-refractivity contribution is 0.0669. The number of carbonyl (C=O) groups excluding carboxylic acids is 1. The van der Waals surface area contributed by atoms with Crippen LogP contribution in [-0.4, -0.2) is 30.0 Å². The van der Waals surface area contributed by atoms with Crippen molar-refractivity contribution in [1.29, 1.82) is 0 Å². The van der Waals surface area contributed by atoms with Gasteiger partial charge in [0.1, 0.15) is 11.5 Å². The van der Waals surface area contributed by atoms with Crippen molar-refractivity contribution in [1.82, 2.24) is 9.88 Å². The summed E-state index contributed by atoms with van der Waals surface area (Å²) in [7, 11) is 4.76. The van der Waals surface area contributed by atoms with E-state index in [2.05, 4.69) is 59.0 Å². The maximum absolute atomic E-state index is 14.1. The van der Waals surface area contributed by atoms with Gasteiger partial charge in [-0.25, -0.2) is 0 Å². The predicted octanol–water partition coefficient (Wildman–Crippen LogP) is 10.5. The van der Waals surface area contributed by atoms with Crippen molar-refractivity contribution in [2.45, 2.75) is 51.9 Å². The first-order chi connectivity index (χ1) is 22.3. The molecule has 0 aliphatic heterocycles. The predicted molar refractivity (Wildman–Crippen MR) is 193 cm³/mol. The number of halogens is 3. The Kier molecular flexibility index (Phi) is 12.1. The fourth-order valence-corrected chi connectivity index (χ4v) is 5.79. The fourth-order valence-electron chi connectivity index (χ4n) is 5.25. The van der Waals surface area contributed by atoms with Crippen molar-refractivity contribution in [3.63, 3.8) is 0 Å². The molecule has 0 aliphatic carbocycles. The average Bonchev–Trinajstić information content (AvgIpc) is 3.06. The van der Waals surface area contributed by atoms with Gasteiger partial charge in [0.25, 0.3) is 11.6 Å². The van der Waals surface area contributed by atoms with Gasteiger partial charge in [0.15, 0.2) is 0 Å². The molecule has 4 aromatic carbocycles. The van der Waals surface area contributed by atoms with Crippen LogP contribution in [0.4, 0.5) is 8.78 Å². The Bertz CT molecular complexity index is 1830. The van der Waals surface area contributed by atoms with Crippen LogP contribution in [0.3, 0.4) is 0 Å². The van der Waals surface area contributed by atoms with Crippen LogP contribution in [0, 0.1) is 6.92 Å². The zero-order valence-corrected chi connectivity index (χ0v) is 30.2. The van der Waals surface area contributed by atoms with E-state index in [1.54, 1.807) is 32.5 Å². The van der Waals surface area contributed by atoms with Gasteiger partial charge in [-0.1, -0.05) is 93.1 Å². The van der Waals surface area contributed by atoms with Crippen LogP contribution in [-0.2, 0) is 12.2 Å². The van der Waals surface area contributed by atoms with Crippen molar-refractivity contribution in [3.05, 3.63) is 135 Å². The minimum atomic E-state index is -2.80. The van der Waals surface area contributed by atoms with Gasteiger partial charge >= 0.3 is 0 Å². The summed E-state index contributed by atoms with van der Waals surface area (Å²) in [5, 5.41) is 2.23. The number of carbonyl (C=O) groups is 1. The molecule has 0 saturated heterocycles. The molecule has 1 aromatic heterocycles. The number of methoxy groups -OCH3 is 2. The molecule has 0 bridgehead atoms. The number of aryl methyl sites for hydroxylation is 1. The number of hydrogen-bond donors (Lipinski definition) is 0. The summed E-state index contributed by atoms with van der Waals surface area (Å²) in [6, 6.07) is 27.7. The van der Waals surface area contributed by atoms with Crippen molar-refractivity contribution in [3.8, 4) is 11.5 Å². The molecular formula is C38H40BrF2N2O3P. The molecule has 0 aliphatic rings. The molecule has 5 aromatic rings. The zero-order valence-electron chi connectivity index (χ0n) is 27.4. The second-order valence-corrected chi connectivity index (χ2v) is 13.3. The molecule has 5 nitrogen and oxygen atoms in total. The lowest BCUT2D eigenvalue weighted by atomic mass is 9.95. The number of pyridine rings is 1. The van der Waals surface area contributed by atoms with Crippen LogP contribution in [0.2, 0.25) is 0 Å². The minimum absolute atomic E-state index is 0.0353. The average molecular weight is 722 g/mol. The highest BCUT2D eigenvalue weighted by Gasteiger charge is 2.26. The molecule has 47 heavy (non-hydrogen) atoms. The number of benzene rings is 4. The zero-order chi connectivity index (χ0) is 34.3. The molecule has 246 valence electrons. The highest BCUT2D eigenvalue weighted by molar-refractivity contribution is 9.10. The summed E-state index contributed by atoms with van der Waals surface area (Å²) < 4.78 is 37.0. The first-order valence-electron chi connectivity index (χ1n) is 15.2. The van der Waals surface area contributed by atoms with E-state index in [1.165, 1.54) is 32.3 Å². The second kappa shape index (κ2) is 15.8. The molecule has 2 atom stereocenters. The first-order valence-corrected chi connectivity index (χ1v) is 16.6. The lowest BCUT2D eigenvalue weighted by Gasteiger charge is -2.30. The third-order valence-corrected chi connectivity index (χ3v) is 8.78. The van der Waals surface area contributed by atoms with Crippen LogP contribution in [0.25, 0.3) is 10.8 Å². The van der Waals surface area contributed by atoms with Crippen LogP contribution in [0.15, 0.2) is 102 Å². The standard InChI is InChI=1S/C30H31BrN2O3.C8H9F2P/c1-19(2)26-8-6-7-21-15-22(10-12-27(21)26)30(34)33(20(3)28-16-24(31)13-14-32-28)18-23-9-11-25(35-4)17-29(23)36-5;1-6-2-4-7(5-3-6)8(9,10)11/h6-17,19-20H,18H2,1-5H3;2-5H,11H2,1H3. The molecule has 0 saturated carbocycles. The smallest absolute Gasteiger partial charge is 0.283 e. The van der Waals surface area contributed by atoms with Crippen LogP contribution >= 0.6 is 25.2 Å². The topological polar surface area (TPSA) is 51.7 Å². The van der Waals surface area contributed by atoms with Gasteiger partial charge in [0, 0.05) is 33.4 Å². The molecule has 9 heteroatoms. The van der Waals surface area contributed by atoms with E-state index < -0.39 is 5.66 Å². The molecule has 1 heterocycles. The highest BCUT2D eigenvalue weighted by atomic mass is 79.9. The third-order valence-electron chi connectivity index (χ3n) is 7.95. The Morgan fingerprint density at radius 1 is 0.936 bits per heavy atom. The number of aromatic nitrogens is 1. The molecule has 5 rings (SSSR count). The van der Waals surface area contributed by atoms with E-state index in [0.717, 1.165) is 26.7 Å². The number of alkyl halides is 2. The Morgan fingerprint density at radius 3 is 2.28 bits per heavy atom. The normalized spacial score (nSPS) is 11.9. The number of rotatable bonds is 9. The summed E-state index contributed by atoms with van der Waals surface area (Å²) in [5.41, 5.74) is 1.82. The maximum Gasteiger partial charge on any atom is 0.283 e. The molecular weight excluding hydrogens is 681 g/mol. The highest BCUT2D eigenvalue weighted by Crippen LogP contribution is 2.35. The number of nitrogens with zero attached hydrogens (tertiary/aromatic N) is 2. The van der Waals surface area contributed by atoms with Gasteiger partial charge in [0.05, 0.1) is 32.5 Å². The van der Waals surface area contributed by atoms with Gasteiger partial charge in [-0.15, -0.1) is 0 Å². The van der Waals surface area contributed by atoms with E-state index >= 15 is 0 Å². The Hall–Kier alpha value is -3.87. The van der Waals surface area contributed by atoms with E-state index in [1.807, 2.05) is 61.2 Å². The van der Waals surface area contributed by atoms with Crippen LogP contribution < -0.4 is 9.47 Å². The van der Waals surface area contributed by atoms with Gasteiger partial charge in [0.2, 0.25) is 0 Å². The number of fused-ring (bicyclic) bond motifs is 1. The quantitative estimate of drug-likeness (QED) is 0.142. The Labute approximate surface area is 286 Å². The number of amides is 1. The summed E-state index contributed by atoms with van der Waals surface area (Å²) in [4.78, 5) is 20.4. The molecule has 0 fully saturated rings. The Morgan fingerprint density at radius 2 is 1.66 bits per heavy atom. The van der Waals surface area contributed by atoms with Gasteiger partial charge in [-0.05, 0) is 72.5 Å². The number of ether oxygens (including phenoxy) is 2. The molecule has 2 unspecified atom stereocenters. The monoisotopic (exact) mass is 720 g/mol. The van der Waals surface area contributed by atoms with Crippen molar-refractivity contribution < 1.29 is 23.0 Å². The maximum atomic E-state index is 14.1. The number of hydrogen-bond acceptors (Lipinski definition) is 4. The molecule has 1 amide bonds. The Balaban J connectivity index is 0.000000385. The first kappa shape index (κ1) is 36.0. The molecule has 0 radical (unpaired) electrons. The van der Waals surface area contributed by atoms with Crippen LogP contribution in [0.1, 0.15) is 71.0 Å². The second-order valence-electron chi connectivity index (χ2n) is 11.6. The van der Waals surface area contributed by atoms with Gasteiger partial charge in [-0.3, -0.25) is 9.78 Å². The lowest BCUT2D eigenvalue weighted by Crippen LogP contribution is -2.33. The molecule has 0 N–H and O–H groups in total. The fraction of sp³-hybridized carbons (Fsp3) is 0.263. The van der Waals surface area contributed by atoms with E-state index in [-0.39, 0.29) is 17.5 Å². The third kappa shape index (κ3) is 9.15. The van der Waals surface area contributed by atoms with Crippen molar-refractivity contribution in [2.24, 2.45) is 0 Å². The summed E-state index contributed by atoms with van der Waals surface area (Å²) in [6.07, 6.45) is 1.75. The van der Waals surface area contributed by atoms with Gasteiger partial charge < -0.3 is 14.4 Å². The van der Waals surface area contributed by atoms with E-state index in [4.69, 9.17) is 9.47 Å².